The Bertz CT molecular complexity index is 5550. The van der Waals surface area contributed by atoms with Gasteiger partial charge in [-0.05, 0) is 105 Å². The normalized spacial score (nSPS) is 11.5. The van der Waals surface area contributed by atoms with Crippen molar-refractivity contribution in [2.45, 2.75) is 0 Å². The molecule has 0 N–H and O–H groups in total. The molecule has 8 heteroatoms. The fourth-order valence-electron chi connectivity index (χ4n) is 13.0. The summed E-state index contributed by atoms with van der Waals surface area (Å²) >= 11 is 0. The summed E-state index contributed by atoms with van der Waals surface area (Å²) in [4.78, 5) is 31.4. The standard InChI is InChI=1S/C84H54N8/c1-4-21-55(22-5-1)57-39-45-61(46-40-57)80-85-79(60-25-8-3-9-26-60)87-83(88-80)71-33-14-19-38-77(71)92-75-36-17-12-31-69(75)72-54-66(51-52-78(72)92)65-28-20-27-64(53-65)59-43-49-63(50-44-59)82-86-81(62-47-41-58(42-48-62)56-23-6-2-7-24-56)89-84(90-82)70-32-13-18-37-76(70)91-73-34-15-10-29-67(73)68-30-11-16-35-74(68)91/h1-54H. The van der Waals surface area contributed by atoms with Crippen LogP contribution in [0, 0.1) is 0 Å². The van der Waals surface area contributed by atoms with Crippen LogP contribution in [0.15, 0.2) is 328 Å². The molecule has 8 nitrogen and oxygen atoms in total. The fraction of sp³-hybridized carbons (Fsp3) is 0. The van der Waals surface area contributed by atoms with E-state index in [0.29, 0.717) is 34.9 Å². The zero-order chi connectivity index (χ0) is 60.9. The van der Waals surface area contributed by atoms with Crippen LogP contribution < -0.4 is 0 Å². The Morgan fingerprint density at radius 1 is 0.163 bits per heavy atom. The predicted molar refractivity (Wildman–Crippen MR) is 376 cm³/mol. The Hall–Kier alpha value is -12.5. The van der Waals surface area contributed by atoms with Crippen molar-refractivity contribution in [2.24, 2.45) is 0 Å². The van der Waals surface area contributed by atoms with Crippen LogP contribution in [0.5, 0.6) is 0 Å². The third-order valence-electron chi connectivity index (χ3n) is 17.5. The monoisotopic (exact) mass is 1170 g/mol. The number of benzene rings is 13. The molecule has 0 atom stereocenters. The first-order valence-electron chi connectivity index (χ1n) is 30.9. The Morgan fingerprint density at radius 3 is 0.859 bits per heavy atom. The lowest BCUT2D eigenvalue weighted by Gasteiger charge is -2.15. The Kier molecular flexibility index (Phi) is 13.4. The van der Waals surface area contributed by atoms with Gasteiger partial charge in [-0.3, -0.25) is 0 Å². The molecule has 0 bridgehead atoms. The van der Waals surface area contributed by atoms with Crippen LogP contribution >= 0.6 is 0 Å². The lowest BCUT2D eigenvalue weighted by atomic mass is 9.97. The second-order valence-electron chi connectivity index (χ2n) is 23.0. The minimum Gasteiger partial charge on any atom is -0.309 e. The van der Waals surface area contributed by atoms with Crippen molar-refractivity contribution < 1.29 is 0 Å². The maximum absolute atomic E-state index is 5.33. The molecule has 0 aliphatic heterocycles. The summed E-state index contributed by atoms with van der Waals surface area (Å²) in [5.41, 5.74) is 20.7. The summed E-state index contributed by atoms with van der Waals surface area (Å²) in [5, 5.41) is 4.67. The predicted octanol–water partition coefficient (Wildman–Crippen LogP) is 20.9. The minimum absolute atomic E-state index is 0.588. The van der Waals surface area contributed by atoms with Gasteiger partial charge in [-0.2, -0.15) is 0 Å². The van der Waals surface area contributed by atoms with Gasteiger partial charge in [0.15, 0.2) is 34.9 Å². The highest BCUT2D eigenvalue weighted by atomic mass is 15.1. The Balaban J connectivity index is 0.724. The smallest absolute Gasteiger partial charge is 0.166 e. The molecule has 0 fully saturated rings. The summed E-state index contributed by atoms with van der Waals surface area (Å²) in [6, 6.07) is 115. The molecule has 0 spiro atoms. The van der Waals surface area contributed by atoms with Gasteiger partial charge in [0.1, 0.15) is 0 Å². The molecule has 0 amide bonds. The molecule has 13 aromatic carbocycles. The Morgan fingerprint density at radius 2 is 0.424 bits per heavy atom. The molecule has 0 aliphatic rings. The lowest BCUT2D eigenvalue weighted by Crippen LogP contribution is -2.03. The molecule has 0 unspecified atom stereocenters. The molecule has 0 saturated heterocycles. The van der Waals surface area contributed by atoms with E-state index >= 15 is 0 Å². The van der Waals surface area contributed by atoms with Crippen LogP contribution in [0.25, 0.3) is 168 Å². The van der Waals surface area contributed by atoms with E-state index in [4.69, 9.17) is 29.9 Å². The number of hydrogen-bond donors (Lipinski definition) is 0. The second kappa shape index (κ2) is 22.9. The van der Waals surface area contributed by atoms with Gasteiger partial charge in [0, 0.05) is 54.9 Å². The summed E-state index contributed by atoms with van der Waals surface area (Å²) in [6.45, 7) is 0. The first-order chi connectivity index (χ1) is 45.6. The number of para-hydroxylation sites is 5. The largest absolute Gasteiger partial charge is 0.309 e. The van der Waals surface area contributed by atoms with Crippen molar-refractivity contribution in [1.29, 1.82) is 0 Å². The van der Waals surface area contributed by atoms with E-state index in [9.17, 15) is 0 Å². The first-order valence-corrected chi connectivity index (χ1v) is 30.9. The average molecular weight is 1180 g/mol. The highest BCUT2D eigenvalue weighted by Gasteiger charge is 2.22. The molecular formula is C84H54N8. The number of rotatable bonds is 12. The van der Waals surface area contributed by atoms with Gasteiger partial charge in [-0.15, -0.1) is 0 Å². The van der Waals surface area contributed by atoms with Crippen molar-refractivity contribution in [3.05, 3.63) is 328 Å². The van der Waals surface area contributed by atoms with Gasteiger partial charge in [0.05, 0.1) is 33.4 Å². The quantitative estimate of drug-likeness (QED) is 0.121. The molecular weight excluding hydrogens is 1120 g/mol. The molecule has 0 saturated carbocycles. The number of hydrogen-bond acceptors (Lipinski definition) is 6. The average Bonchev–Trinajstić information content (AvgIpc) is 1.66. The van der Waals surface area contributed by atoms with E-state index < -0.39 is 0 Å². The number of aromatic nitrogens is 8. The van der Waals surface area contributed by atoms with Crippen molar-refractivity contribution in [2.75, 3.05) is 0 Å². The summed E-state index contributed by atoms with van der Waals surface area (Å²) in [7, 11) is 0. The van der Waals surface area contributed by atoms with Crippen LogP contribution in [-0.4, -0.2) is 39.0 Å². The van der Waals surface area contributed by atoms with E-state index in [0.717, 1.165) is 122 Å². The molecule has 17 aromatic rings. The van der Waals surface area contributed by atoms with Gasteiger partial charge in [0.25, 0.3) is 0 Å². The Labute approximate surface area is 531 Å². The summed E-state index contributed by atoms with van der Waals surface area (Å²) in [6.07, 6.45) is 0. The zero-order valence-corrected chi connectivity index (χ0v) is 49.8. The van der Waals surface area contributed by atoms with Crippen molar-refractivity contribution in [3.63, 3.8) is 0 Å². The second-order valence-corrected chi connectivity index (χ2v) is 23.0. The maximum Gasteiger partial charge on any atom is 0.166 e. The van der Waals surface area contributed by atoms with Crippen LogP contribution in [0.2, 0.25) is 0 Å². The molecule has 4 heterocycles. The molecule has 0 radical (unpaired) electrons. The van der Waals surface area contributed by atoms with Crippen LogP contribution in [0.1, 0.15) is 0 Å². The van der Waals surface area contributed by atoms with Gasteiger partial charge in [-0.1, -0.05) is 267 Å². The van der Waals surface area contributed by atoms with Gasteiger partial charge < -0.3 is 9.13 Å². The molecule has 4 aromatic heterocycles. The van der Waals surface area contributed by atoms with Crippen LogP contribution in [0.4, 0.5) is 0 Å². The SMILES string of the molecule is c1ccc(-c2ccc(-c3nc(-c4ccc(-c5cccc(-c6ccc7c(c6)c6ccccc6n7-c6ccccc6-c6nc(-c7ccccc7)nc(-c7ccc(-c8ccccc8)cc7)n6)c5)cc4)nc(-c4ccccc4-n4c5ccccc5c5ccccc54)n3)cc2)cc1. The summed E-state index contributed by atoms with van der Waals surface area (Å²) < 4.78 is 4.69. The van der Waals surface area contributed by atoms with E-state index in [1.54, 1.807) is 0 Å². The zero-order valence-electron chi connectivity index (χ0n) is 49.8. The number of nitrogens with zero attached hydrogens (tertiary/aromatic N) is 8. The van der Waals surface area contributed by atoms with Crippen molar-refractivity contribution in [1.82, 2.24) is 39.0 Å². The minimum atomic E-state index is 0.588. The van der Waals surface area contributed by atoms with Crippen LogP contribution in [-0.2, 0) is 0 Å². The summed E-state index contributed by atoms with van der Waals surface area (Å²) in [5.74, 6) is 3.58. The first kappa shape index (κ1) is 53.7. The topological polar surface area (TPSA) is 87.2 Å². The molecule has 430 valence electrons. The molecule has 92 heavy (non-hydrogen) atoms. The van der Waals surface area contributed by atoms with E-state index in [2.05, 4.69) is 306 Å². The van der Waals surface area contributed by atoms with Gasteiger partial charge in [-0.25, -0.2) is 29.9 Å². The van der Waals surface area contributed by atoms with Crippen molar-refractivity contribution in [3.8, 4) is 124 Å². The lowest BCUT2D eigenvalue weighted by molar-refractivity contribution is 1.06. The third-order valence-corrected chi connectivity index (χ3v) is 17.5. The molecule has 0 aliphatic carbocycles. The van der Waals surface area contributed by atoms with E-state index in [1.807, 2.05) is 30.3 Å². The van der Waals surface area contributed by atoms with Gasteiger partial charge >= 0.3 is 0 Å². The van der Waals surface area contributed by atoms with E-state index in [1.165, 1.54) is 10.8 Å². The third kappa shape index (κ3) is 9.76. The highest BCUT2D eigenvalue weighted by molar-refractivity contribution is 6.12. The highest BCUT2D eigenvalue weighted by Crippen LogP contribution is 2.41. The van der Waals surface area contributed by atoms with E-state index in [-0.39, 0.29) is 0 Å². The van der Waals surface area contributed by atoms with Crippen molar-refractivity contribution >= 4 is 43.6 Å². The fourth-order valence-corrected chi connectivity index (χ4v) is 13.0. The molecule has 17 rings (SSSR count). The number of fused-ring (bicyclic) bond motifs is 6. The van der Waals surface area contributed by atoms with Crippen LogP contribution in [0.3, 0.4) is 0 Å². The maximum atomic E-state index is 5.33. The van der Waals surface area contributed by atoms with Gasteiger partial charge in [0.2, 0.25) is 0 Å².